The molecule has 224 valence electrons. The number of rotatable bonds is 4. The number of hydrogen-bond donors (Lipinski definition) is 0. The monoisotopic (exact) mass is 609 g/mol. The lowest BCUT2D eigenvalue weighted by Gasteiger charge is -2.37. The van der Waals surface area contributed by atoms with Gasteiger partial charge >= 0.3 is 0 Å². The minimum absolute atomic E-state index is 0.463. The molecule has 10 rings (SSSR count). The highest BCUT2D eigenvalue weighted by atomic mass is 15.2. The molecule has 0 spiro atoms. The zero-order chi connectivity index (χ0) is 31.7. The van der Waals surface area contributed by atoms with Crippen LogP contribution in [0, 0.1) is 0 Å². The maximum atomic E-state index is 2.53. The van der Waals surface area contributed by atoms with Gasteiger partial charge < -0.3 is 4.90 Å². The molecule has 0 saturated heterocycles. The molecule has 0 amide bonds. The van der Waals surface area contributed by atoms with Crippen LogP contribution < -0.4 is 4.90 Å². The molecule has 8 aromatic rings. The van der Waals surface area contributed by atoms with Crippen molar-refractivity contribution in [3.63, 3.8) is 0 Å². The number of hydrogen-bond acceptors (Lipinski definition) is 1. The Morgan fingerprint density at radius 3 is 1.67 bits per heavy atom. The van der Waals surface area contributed by atoms with Gasteiger partial charge in [0.05, 0.1) is 16.8 Å². The van der Waals surface area contributed by atoms with Crippen molar-refractivity contribution >= 4 is 27.8 Å². The van der Waals surface area contributed by atoms with Gasteiger partial charge in [-0.1, -0.05) is 170 Å². The van der Waals surface area contributed by atoms with Crippen molar-refractivity contribution in [1.29, 1.82) is 0 Å². The average Bonchev–Trinajstić information content (AvgIpc) is 3.48. The van der Waals surface area contributed by atoms with E-state index in [0.29, 0.717) is 0 Å². The molecule has 8 aromatic carbocycles. The molecule has 1 aliphatic heterocycles. The Kier molecular flexibility index (Phi) is 5.86. The van der Waals surface area contributed by atoms with Crippen LogP contribution in [0.1, 0.15) is 22.3 Å². The summed E-state index contributed by atoms with van der Waals surface area (Å²) in [7, 11) is 0. The van der Waals surface area contributed by atoms with Crippen molar-refractivity contribution in [2.24, 2.45) is 0 Å². The summed E-state index contributed by atoms with van der Waals surface area (Å²) in [5.74, 6) is 0. The fourth-order valence-corrected chi connectivity index (χ4v) is 8.60. The van der Waals surface area contributed by atoms with Gasteiger partial charge in [-0.15, -0.1) is 0 Å². The van der Waals surface area contributed by atoms with Crippen LogP contribution in [0.25, 0.3) is 44.2 Å². The van der Waals surface area contributed by atoms with Crippen LogP contribution in [0.3, 0.4) is 0 Å². The normalized spacial score (nSPS) is 13.5. The fourth-order valence-electron chi connectivity index (χ4n) is 8.60. The quantitative estimate of drug-likeness (QED) is 0.192. The molecular formula is C47H31N. The summed E-state index contributed by atoms with van der Waals surface area (Å²) in [6, 6.07) is 69.2. The summed E-state index contributed by atoms with van der Waals surface area (Å²) >= 11 is 0. The third kappa shape index (κ3) is 3.62. The van der Waals surface area contributed by atoms with Gasteiger partial charge in [0.15, 0.2) is 0 Å². The van der Waals surface area contributed by atoms with E-state index in [9.17, 15) is 0 Å². The standard InChI is InChI=1S/C47H31N/c1-5-16-32(17-6-1)36-28-29-38-39-30-31-42-45(46(39)48(35-22-11-4-12-23-35)43-27-15-25-37(36)44(38)43)40-24-13-14-26-41(40)47(42,33-18-7-2-8-19-33)34-20-9-3-10-21-34/h1-31H. The van der Waals surface area contributed by atoms with Crippen LogP contribution >= 0.6 is 0 Å². The Bertz CT molecular complexity index is 2440. The minimum Gasteiger partial charge on any atom is -0.309 e. The summed E-state index contributed by atoms with van der Waals surface area (Å²) in [4.78, 5) is 2.53. The van der Waals surface area contributed by atoms with E-state index in [4.69, 9.17) is 0 Å². The van der Waals surface area contributed by atoms with Gasteiger partial charge in [-0.2, -0.15) is 0 Å². The predicted molar refractivity (Wildman–Crippen MR) is 200 cm³/mol. The Morgan fingerprint density at radius 1 is 0.375 bits per heavy atom. The maximum Gasteiger partial charge on any atom is 0.0714 e. The lowest BCUT2D eigenvalue weighted by Crippen LogP contribution is -2.28. The van der Waals surface area contributed by atoms with Crippen LogP contribution in [0.4, 0.5) is 17.1 Å². The highest BCUT2D eigenvalue weighted by molar-refractivity contribution is 6.20. The predicted octanol–water partition coefficient (Wildman–Crippen LogP) is 12.3. The van der Waals surface area contributed by atoms with Crippen molar-refractivity contribution in [3.8, 4) is 33.4 Å². The van der Waals surface area contributed by atoms with E-state index in [1.807, 2.05) is 0 Å². The number of anilines is 3. The molecule has 0 unspecified atom stereocenters. The van der Waals surface area contributed by atoms with E-state index in [1.54, 1.807) is 0 Å². The van der Waals surface area contributed by atoms with Crippen LogP contribution in [0.5, 0.6) is 0 Å². The lowest BCUT2D eigenvalue weighted by atomic mass is 9.67. The first-order chi connectivity index (χ1) is 23.9. The smallest absolute Gasteiger partial charge is 0.0714 e. The van der Waals surface area contributed by atoms with E-state index in [0.717, 1.165) is 5.69 Å². The van der Waals surface area contributed by atoms with Gasteiger partial charge in [0.2, 0.25) is 0 Å². The third-order valence-corrected chi connectivity index (χ3v) is 10.5. The molecule has 0 bridgehead atoms. The highest BCUT2D eigenvalue weighted by Crippen LogP contribution is 2.63. The molecular weight excluding hydrogens is 579 g/mol. The summed E-state index contributed by atoms with van der Waals surface area (Å²) in [5.41, 5.74) is 16.0. The summed E-state index contributed by atoms with van der Waals surface area (Å²) < 4.78 is 0. The first-order valence-electron chi connectivity index (χ1n) is 16.7. The molecule has 0 radical (unpaired) electrons. The number of para-hydroxylation sites is 1. The topological polar surface area (TPSA) is 3.24 Å². The van der Waals surface area contributed by atoms with E-state index < -0.39 is 5.41 Å². The summed E-state index contributed by atoms with van der Waals surface area (Å²) in [5, 5.41) is 2.56. The van der Waals surface area contributed by atoms with Crippen molar-refractivity contribution in [2.45, 2.75) is 5.41 Å². The Labute approximate surface area is 281 Å². The van der Waals surface area contributed by atoms with Crippen LogP contribution in [0.15, 0.2) is 188 Å². The molecule has 1 nitrogen and oxygen atoms in total. The summed E-state index contributed by atoms with van der Waals surface area (Å²) in [6.45, 7) is 0. The Balaban J connectivity index is 1.36. The van der Waals surface area contributed by atoms with Crippen molar-refractivity contribution in [3.05, 3.63) is 210 Å². The van der Waals surface area contributed by atoms with Gasteiger partial charge in [0, 0.05) is 22.2 Å². The number of benzene rings is 8. The first-order valence-corrected chi connectivity index (χ1v) is 16.7. The molecule has 0 aromatic heterocycles. The van der Waals surface area contributed by atoms with Crippen LogP contribution in [0.2, 0.25) is 0 Å². The van der Waals surface area contributed by atoms with Gasteiger partial charge in [-0.3, -0.25) is 0 Å². The van der Waals surface area contributed by atoms with Crippen molar-refractivity contribution < 1.29 is 0 Å². The number of nitrogens with zero attached hydrogens (tertiary/aromatic N) is 1. The zero-order valence-electron chi connectivity index (χ0n) is 26.3. The van der Waals surface area contributed by atoms with Crippen LogP contribution in [-0.2, 0) is 5.41 Å². The van der Waals surface area contributed by atoms with E-state index >= 15 is 0 Å². The lowest BCUT2D eigenvalue weighted by molar-refractivity contribution is 0.768. The fraction of sp³-hybridized carbons (Fsp3) is 0.0213. The molecule has 0 fully saturated rings. The third-order valence-electron chi connectivity index (χ3n) is 10.5. The molecule has 48 heavy (non-hydrogen) atoms. The van der Waals surface area contributed by atoms with E-state index in [-0.39, 0.29) is 0 Å². The molecule has 0 atom stereocenters. The minimum atomic E-state index is -0.463. The summed E-state index contributed by atoms with van der Waals surface area (Å²) in [6.07, 6.45) is 0. The van der Waals surface area contributed by atoms with Crippen molar-refractivity contribution in [1.82, 2.24) is 0 Å². The molecule has 0 N–H and O–H groups in total. The van der Waals surface area contributed by atoms with Gasteiger partial charge in [0.25, 0.3) is 0 Å². The first kappa shape index (κ1) is 27.0. The largest absolute Gasteiger partial charge is 0.309 e. The van der Waals surface area contributed by atoms with Gasteiger partial charge in [0.1, 0.15) is 0 Å². The van der Waals surface area contributed by atoms with E-state index in [2.05, 4.69) is 193 Å². The average molecular weight is 610 g/mol. The second kappa shape index (κ2) is 10.4. The molecule has 2 aliphatic rings. The van der Waals surface area contributed by atoms with Gasteiger partial charge in [-0.05, 0) is 68.1 Å². The molecule has 0 saturated carbocycles. The second-order valence-corrected chi connectivity index (χ2v) is 12.8. The second-order valence-electron chi connectivity index (χ2n) is 12.8. The molecule has 1 heteroatoms. The van der Waals surface area contributed by atoms with E-state index in [1.165, 1.54) is 77.8 Å². The SMILES string of the molecule is c1ccc(-c2ccc3c4c(cccc24)N(c2ccccc2)c2c-3ccc3c2-c2ccccc2C3(c2ccccc2)c2ccccc2)cc1. The number of fused-ring (bicyclic) bond motifs is 6. The zero-order valence-corrected chi connectivity index (χ0v) is 26.3. The molecule has 1 aliphatic carbocycles. The maximum absolute atomic E-state index is 2.53. The molecule has 1 heterocycles. The van der Waals surface area contributed by atoms with Gasteiger partial charge in [-0.25, -0.2) is 0 Å². The Hall–Kier alpha value is -6.18. The van der Waals surface area contributed by atoms with Crippen LogP contribution in [-0.4, -0.2) is 0 Å². The Morgan fingerprint density at radius 2 is 0.958 bits per heavy atom. The highest BCUT2D eigenvalue weighted by Gasteiger charge is 2.48. The van der Waals surface area contributed by atoms with Crippen molar-refractivity contribution in [2.75, 3.05) is 4.90 Å².